The van der Waals surface area contributed by atoms with Gasteiger partial charge in [0.1, 0.15) is 11.5 Å². The molecule has 1 N–H and O–H groups in total. The Morgan fingerprint density at radius 1 is 1.38 bits per heavy atom. The quantitative estimate of drug-likeness (QED) is 0.759. The van der Waals surface area contributed by atoms with E-state index < -0.39 is 0 Å². The van der Waals surface area contributed by atoms with Gasteiger partial charge in [-0.3, -0.25) is 0 Å². The predicted octanol–water partition coefficient (Wildman–Crippen LogP) is 3.68. The van der Waals surface area contributed by atoms with Gasteiger partial charge in [-0.1, -0.05) is 26.7 Å². The van der Waals surface area contributed by atoms with Crippen LogP contribution in [0.3, 0.4) is 0 Å². The first kappa shape index (κ1) is 11.7. The van der Waals surface area contributed by atoms with Crippen molar-refractivity contribution < 1.29 is 4.42 Å². The Morgan fingerprint density at radius 2 is 2.19 bits per heavy atom. The summed E-state index contributed by atoms with van der Waals surface area (Å²) in [6.45, 7) is 5.31. The van der Waals surface area contributed by atoms with E-state index in [2.05, 4.69) is 31.3 Å². The van der Waals surface area contributed by atoms with Crippen LogP contribution in [0.4, 0.5) is 0 Å². The van der Waals surface area contributed by atoms with Crippen molar-refractivity contribution in [2.75, 3.05) is 6.54 Å². The van der Waals surface area contributed by atoms with Gasteiger partial charge >= 0.3 is 0 Å². The molecule has 1 unspecified atom stereocenters. The fourth-order valence-electron chi connectivity index (χ4n) is 2.17. The molecule has 1 atom stereocenters. The topological polar surface area (TPSA) is 25.2 Å². The second-order valence-electron chi connectivity index (χ2n) is 4.79. The number of aryl methyl sites for hydroxylation is 1. The largest absolute Gasteiger partial charge is 0.464 e. The van der Waals surface area contributed by atoms with Crippen LogP contribution < -0.4 is 5.32 Å². The molecule has 1 heterocycles. The minimum atomic E-state index is 0.422. The molecule has 0 spiro atoms. The average Bonchev–Trinajstić information content (AvgIpc) is 3.00. The lowest BCUT2D eigenvalue weighted by molar-refractivity contribution is 0.374. The Bertz CT molecular complexity index is 314. The summed E-state index contributed by atoms with van der Waals surface area (Å²) < 4.78 is 5.84. The Balaban J connectivity index is 1.92. The van der Waals surface area contributed by atoms with E-state index >= 15 is 0 Å². The maximum absolute atomic E-state index is 5.84. The third kappa shape index (κ3) is 3.11. The Labute approximate surface area is 98.4 Å². The Morgan fingerprint density at radius 3 is 2.75 bits per heavy atom. The second kappa shape index (κ2) is 5.53. The summed E-state index contributed by atoms with van der Waals surface area (Å²) in [7, 11) is 0. The Kier molecular flexibility index (Phi) is 4.05. The number of furan rings is 1. The molecule has 1 aliphatic rings. The first-order chi connectivity index (χ1) is 7.83. The van der Waals surface area contributed by atoms with Crippen molar-refractivity contribution in [3.8, 4) is 0 Å². The van der Waals surface area contributed by atoms with E-state index in [-0.39, 0.29) is 0 Å². The highest BCUT2D eigenvalue weighted by molar-refractivity contribution is 5.11. The van der Waals surface area contributed by atoms with Gasteiger partial charge in [0, 0.05) is 6.42 Å². The summed E-state index contributed by atoms with van der Waals surface area (Å²) in [6.07, 6.45) is 6.44. The third-order valence-corrected chi connectivity index (χ3v) is 3.39. The van der Waals surface area contributed by atoms with Crippen molar-refractivity contribution in [2.24, 2.45) is 5.92 Å². The van der Waals surface area contributed by atoms with Crippen LogP contribution in [0.5, 0.6) is 0 Å². The van der Waals surface area contributed by atoms with E-state index in [0.717, 1.165) is 30.4 Å². The minimum Gasteiger partial charge on any atom is -0.464 e. The first-order valence-corrected chi connectivity index (χ1v) is 6.65. The van der Waals surface area contributed by atoms with Crippen LogP contribution in [0, 0.1) is 5.92 Å². The molecule has 0 saturated heterocycles. The minimum absolute atomic E-state index is 0.422. The molecule has 16 heavy (non-hydrogen) atoms. The average molecular weight is 221 g/mol. The highest BCUT2D eigenvalue weighted by Gasteiger charge is 2.23. The lowest BCUT2D eigenvalue weighted by Gasteiger charge is -2.15. The highest BCUT2D eigenvalue weighted by atomic mass is 16.3. The molecule has 0 radical (unpaired) electrons. The molecule has 2 rings (SSSR count). The van der Waals surface area contributed by atoms with Crippen LogP contribution in [0.15, 0.2) is 16.5 Å². The standard InChI is InChI=1S/C14H23NO/c1-3-12-8-10-14(16-12)13(15-4-2)9-7-11-5-6-11/h8,10-11,13,15H,3-7,9H2,1-2H3. The fourth-order valence-corrected chi connectivity index (χ4v) is 2.17. The molecular formula is C14H23NO. The van der Waals surface area contributed by atoms with E-state index in [0.29, 0.717) is 6.04 Å². The third-order valence-electron chi connectivity index (χ3n) is 3.39. The van der Waals surface area contributed by atoms with Gasteiger partial charge in [-0.05, 0) is 37.4 Å². The van der Waals surface area contributed by atoms with Crippen LogP contribution in [0.1, 0.15) is 57.1 Å². The van der Waals surface area contributed by atoms with E-state index in [4.69, 9.17) is 4.42 Å². The van der Waals surface area contributed by atoms with E-state index in [1.54, 1.807) is 0 Å². The van der Waals surface area contributed by atoms with Crippen molar-refractivity contribution in [1.82, 2.24) is 5.32 Å². The molecule has 90 valence electrons. The van der Waals surface area contributed by atoms with Gasteiger partial charge in [-0.15, -0.1) is 0 Å². The molecule has 1 aromatic rings. The van der Waals surface area contributed by atoms with Gasteiger partial charge in [0.2, 0.25) is 0 Å². The van der Waals surface area contributed by atoms with Gasteiger partial charge in [0.15, 0.2) is 0 Å². The van der Waals surface area contributed by atoms with Gasteiger partial charge in [-0.25, -0.2) is 0 Å². The van der Waals surface area contributed by atoms with Crippen molar-refractivity contribution >= 4 is 0 Å². The van der Waals surface area contributed by atoms with Gasteiger partial charge in [-0.2, -0.15) is 0 Å². The van der Waals surface area contributed by atoms with Crippen LogP contribution in [-0.2, 0) is 6.42 Å². The molecule has 0 aliphatic heterocycles. The summed E-state index contributed by atoms with van der Waals surface area (Å²) in [5.41, 5.74) is 0. The molecule has 2 nitrogen and oxygen atoms in total. The van der Waals surface area contributed by atoms with Crippen LogP contribution >= 0.6 is 0 Å². The summed E-state index contributed by atoms with van der Waals surface area (Å²) >= 11 is 0. The van der Waals surface area contributed by atoms with Crippen molar-refractivity contribution in [3.63, 3.8) is 0 Å². The summed E-state index contributed by atoms with van der Waals surface area (Å²) in [5.74, 6) is 3.23. The van der Waals surface area contributed by atoms with Gasteiger partial charge < -0.3 is 9.73 Å². The number of hydrogen-bond donors (Lipinski definition) is 1. The van der Waals surface area contributed by atoms with E-state index in [9.17, 15) is 0 Å². The number of rotatable bonds is 7. The van der Waals surface area contributed by atoms with Crippen LogP contribution in [0.25, 0.3) is 0 Å². The maximum Gasteiger partial charge on any atom is 0.121 e. The molecular weight excluding hydrogens is 198 g/mol. The first-order valence-electron chi connectivity index (χ1n) is 6.65. The van der Waals surface area contributed by atoms with Crippen molar-refractivity contribution in [1.29, 1.82) is 0 Å². The van der Waals surface area contributed by atoms with Crippen LogP contribution in [0.2, 0.25) is 0 Å². The van der Waals surface area contributed by atoms with Crippen LogP contribution in [-0.4, -0.2) is 6.54 Å². The number of nitrogens with one attached hydrogen (secondary N) is 1. The molecule has 0 amide bonds. The smallest absolute Gasteiger partial charge is 0.121 e. The highest BCUT2D eigenvalue weighted by Crippen LogP contribution is 2.36. The second-order valence-corrected chi connectivity index (χ2v) is 4.79. The molecule has 1 saturated carbocycles. The monoisotopic (exact) mass is 221 g/mol. The van der Waals surface area contributed by atoms with Gasteiger partial charge in [0.05, 0.1) is 6.04 Å². The zero-order chi connectivity index (χ0) is 11.4. The summed E-state index contributed by atoms with van der Waals surface area (Å²) in [4.78, 5) is 0. The molecule has 2 heteroatoms. The molecule has 0 aromatic carbocycles. The van der Waals surface area contributed by atoms with E-state index in [1.165, 1.54) is 25.7 Å². The lowest BCUT2D eigenvalue weighted by atomic mass is 10.1. The molecule has 1 aromatic heterocycles. The molecule has 0 bridgehead atoms. The Hall–Kier alpha value is -0.760. The van der Waals surface area contributed by atoms with E-state index in [1.807, 2.05) is 0 Å². The molecule has 1 aliphatic carbocycles. The zero-order valence-corrected chi connectivity index (χ0v) is 10.5. The molecule has 1 fully saturated rings. The summed E-state index contributed by atoms with van der Waals surface area (Å²) in [6, 6.07) is 4.67. The SMILES string of the molecule is CCNC(CCC1CC1)c1ccc(CC)o1. The van der Waals surface area contributed by atoms with Crippen molar-refractivity contribution in [2.45, 2.75) is 52.0 Å². The van der Waals surface area contributed by atoms with Gasteiger partial charge in [0.25, 0.3) is 0 Å². The maximum atomic E-state index is 5.84. The fraction of sp³-hybridized carbons (Fsp3) is 0.714. The summed E-state index contributed by atoms with van der Waals surface area (Å²) in [5, 5.41) is 3.53. The predicted molar refractivity (Wildman–Crippen MR) is 66.5 cm³/mol. The number of hydrogen-bond acceptors (Lipinski definition) is 2. The normalized spacial score (nSPS) is 17.6. The lowest BCUT2D eigenvalue weighted by Crippen LogP contribution is -2.20. The zero-order valence-electron chi connectivity index (χ0n) is 10.5. The van der Waals surface area contributed by atoms with Crippen molar-refractivity contribution in [3.05, 3.63) is 23.7 Å².